The molecule has 21 heavy (non-hydrogen) atoms. The zero-order valence-electron chi connectivity index (χ0n) is 10.8. The summed E-state index contributed by atoms with van der Waals surface area (Å²) < 4.78 is 44.6. The minimum atomic E-state index is -4.13. The summed E-state index contributed by atoms with van der Waals surface area (Å²) in [4.78, 5) is 10.0. The van der Waals surface area contributed by atoms with Gasteiger partial charge in [0.15, 0.2) is 5.76 Å². The number of sulfonamides is 1. The number of halogens is 1. The summed E-state index contributed by atoms with van der Waals surface area (Å²) in [6, 6.07) is 4.09. The lowest BCUT2D eigenvalue weighted by atomic mass is 10.2. The molecule has 0 unspecified atom stereocenters. The van der Waals surface area contributed by atoms with Crippen molar-refractivity contribution in [1.82, 2.24) is 9.88 Å². The molecule has 1 aromatic heterocycles. The fraction of sp³-hybridized carbons (Fsp3) is 0.167. The van der Waals surface area contributed by atoms with Crippen LogP contribution in [0, 0.1) is 12.7 Å². The van der Waals surface area contributed by atoms with Crippen molar-refractivity contribution in [2.24, 2.45) is 0 Å². The second kappa shape index (κ2) is 5.62. The molecule has 0 atom stereocenters. The van der Waals surface area contributed by atoms with Crippen LogP contribution in [0.1, 0.15) is 21.8 Å². The molecule has 1 heterocycles. The van der Waals surface area contributed by atoms with Gasteiger partial charge >= 0.3 is 5.97 Å². The molecule has 0 saturated heterocycles. The molecule has 2 rings (SSSR count). The standard InChI is InChI=1S/C12H11FN2O5S/c1-7-4-9(20-15-7)6-14-21(18,19)11-3-2-8(12(16)17)5-10(11)13/h2-5,14H,6H2,1H3,(H,16,17). The highest BCUT2D eigenvalue weighted by molar-refractivity contribution is 7.89. The fourth-order valence-corrected chi connectivity index (χ4v) is 2.65. The molecule has 0 bridgehead atoms. The second-order valence-electron chi connectivity index (χ2n) is 4.21. The maximum atomic E-state index is 13.7. The van der Waals surface area contributed by atoms with Crippen LogP contribution in [0.25, 0.3) is 0 Å². The molecule has 0 radical (unpaired) electrons. The Morgan fingerprint density at radius 2 is 2.14 bits per heavy atom. The summed E-state index contributed by atoms with van der Waals surface area (Å²) in [5.74, 6) is -2.21. The quantitative estimate of drug-likeness (QED) is 0.861. The van der Waals surface area contributed by atoms with Gasteiger partial charge in [0, 0.05) is 6.07 Å². The summed E-state index contributed by atoms with van der Waals surface area (Å²) >= 11 is 0. The van der Waals surface area contributed by atoms with Crippen LogP contribution in [0.15, 0.2) is 33.7 Å². The molecule has 2 N–H and O–H groups in total. The predicted molar refractivity (Wildman–Crippen MR) is 68.6 cm³/mol. The number of carbonyl (C=O) groups is 1. The fourth-order valence-electron chi connectivity index (χ4n) is 1.60. The largest absolute Gasteiger partial charge is 0.478 e. The van der Waals surface area contributed by atoms with E-state index in [0.717, 1.165) is 12.1 Å². The Morgan fingerprint density at radius 3 is 2.67 bits per heavy atom. The minimum absolute atomic E-state index is 0.191. The second-order valence-corrected chi connectivity index (χ2v) is 5.94. The first-order chi connectivity index (χ1) is 9.79. The zero-order valence-corrected chi connectivity index (χ0v) is 11.6. The zero-order chi connectivity index (χ0) is 15.6. The monoisotopic (exact) mass is 314 g/mol. The minimum Gasteiger partial charge on any atom is -0.478 e. The van der Waals surface area contributed by atoms with Crippen molar-refractivity contribution in [2.45, 2.75) is 18.4 Å². The Hall–Kier alpha value is -2.26. The van der Waals surface area contributed by atoms with Crippen molar-refractivity contribution in [3.63, 3.8) is 0 Å². The van der Waals surface area contributed by atoms with Crippen LogP contribution in [0.4, 0.5) is 4.39 Å². The third kappa shape index (κ3) is 3.44. The number of nitrogens with one attached hydrogen (secondary N) is 1. The number of aryl methyl sites for hydroxylation is 1. The molecule has 2 aromatic rings. The van der Waals surface area contributed by atoms with Gasteiger partial charge in [-0.05, 0) is 25.1 Å². The molecule has 0 aliphatic heterocycles. The SMILES string of the molecule is Cc1cc(CNS(=O)(=O)c2ccc(C(=O)O)cc2F)on1. The lowest BCUT2D eigenvalue weighted by Gasteiger charge is -2.06. The summed E-state index contributed by atoms with van der Waals surface area (Å²) in [7, 11) is -4.13. The first-order valence-corrected chi connectivity index (χ1v) is 7.22. The highest BCUT2D eigenvalue weighted by atomic mass is 32.2. The lowest BCUT2D eigenvalue weighted by Crippen LogP contribution is -2.24. The smallest absolute Gasteiger partial charge is 0.335 e. The topological polar surface area (TPSA) is 110 Å². The average Bonchev–Trinajstić information content (AvgIpc) is 2.82. The van der Waals surface area contributed by atoms with E-state index in [1.807, 2.05) is 0 Å². The average molecular weight is 314 g/mol. The highest BCUT2D eigenvalue weighted by Gasteiger charge is 2.20. The molecule has 1 aromatic carbocycles. The molecule has 0 aliphatic rings. The first kappa shape index (κ1) is 15.1. The van der Waals surface area contributed by atoms with Crippen molar-refractivity contribution >= 4 is 16.0 Å². The molecule has 0 fully saturated rings. The van der Waals surface area contributed by atoms with E-state index in [4.69, 9.17) is 9.63 Å². The van der Waals surface area contributed by atoms with Crippen molar-refractivity contribution in [3.8, 4) is 0 Å². The van der Waals surface area contributed by atoms with E-state index in [1.165, 1.54) is 6.07 Å². The summed E-state index contributed by atoms with van der Waals surface area (Å²) in [5.41, 5.74) is 0.249. The van der Waals surface area contributed by atoms with Gasteiger partial charge in [-0.25, -0.2) is 22.3 Å². The van der Waals surface area contributed by atoms with Gasteiger partial charge in [0.25, 0.3) is 0 Å². The van der Waals surface area contributed by atoms with Crippen molar-refractivity contribution in [3.05, 3.63) is 47.1 Å². The number of aromatic nitrogens is 1. The maximum absolute atomic E-state index is 13.7. The number of nitrogens with zero attached hydrogens (tertiary/aromatic N) is 1. The molecule has 7 nitrogen and oxygen atoms in total. The van der Waals surface area contributed by atoms with Crippen molar-refractivity contribution in [2.75, 3.05) is 0 Å². The van der Waals surface area contributed by atoms with Gasteiger partial charge in [-0.2, -0.15) is 0 Å². The van der Waals surface area contributed by atoms with Gasteiger partial charge < -0.3 is 9.63 Å². The number of hydrogen-bond donors (Lipinski definition) is 2. The lowest BCUT2D eigenvalue weighted by molar-refractivity contribution is 0.0696. The Kier molecular flexibility index (Phi) is 4.05. The molecule has 112 valence electrons. The van der Waals surface area contributed by atoms with Crippen LogP contribution < -0.4 is 4.72 Å². The summed E-state index contributed by atoms with van der Waals surface area (Å²) in [6.07, 6.45) is 0. The van der Waals surface area contributed by atoms with Crippen molar-refractivity contribution in [1.29, 1.82) is 0 Å². The number of aromatic carboxylic acids is 1. The van der Waals surface area contributed by atoms with E-state index in [1.54, 1.807) is 6.92 Å². The highest BCUT2D eigenvalue weighted by Crippen LogP contribution is 2.16. The third-order valence-electron chi connectivity index (χ3n) is 2.58. The number of hydrogen-bond acceptors (Lipinski definition) is 5. The Morgan fingerprint density at radius 1 is 1.43 bits per heavy atom. The first-order valence-electron chi connectivity index (χ1n) is 5.74. The normalized spacial score (nSPS) is 11.5. The van der Waals surface area contributed by atoms with Crippen LogP contribution in [0.5, 0.6) is 0 Å². The number of carboxylic acid groups (broad SMARTS) is 1. The van der Waals surface area contributed by atoms with Gasteiger partial charge in [0.1, 0.15) is 10.7 Å². The predicted octanol–water partition coefficient (Wildman–Crippen LogP) is 1.30. The Balaban J connectivity index is 2.21. The number of rotatable bonds is 5. The van der Waals surface area contributed by atoms with Gasteiger partial charge in [0.05, 0.1) is 17.8 Å². The number of benzene rings is 1. The van der Waals surface area contributed by atoms with E-state index in [0.29, 0.717) is 11.8 Å². The Labute approximate surface area is 119 Å². The molecule has 9 heteroatoms. The van der Waals surface area contributed by atoms with E-state index < -0.39 is 26.7 Å². The van der Waals surface area contributed by atoms with Crippen LogP contribution in [0.2, 0.25) is 0 Å². The van der Waals surface area contributed by atoms with E-state index in [2.05, 4.69) is 9.88 Å². The molecule has 0 saturated carbocycles. The van der Waals surface area contributed by atoms with Crippen LogP contribution in [0.3, 0.4) is 0 Å². The molecule has 0 aliphatic carbocycles. The Bertz CT molecular complexity index is 785. The van der Waals surface area contributed by atoms with Gasteiger partial charge in [-0.3, -0.25) is 0 Å². The molecule has 0 amide bonds. The van der Waals surface area contributed by atoms with Gasteiger partial charge in [-0.1, -0.05) is 5.16 Å². The molecular weight excluding hydrogens is 303 g/mol. The van der Waals surface area contributed by atoms with E-state index in [9.17, 15) is 17.6 Å². The van der Waals surface area contributed by atoms with Crippen molar-refractivity contribution < 1.29 is 27.2 Å². The maximum Gasteiger partial charge on any atom is 0.335 e. The summed E-state index contributed by atoms with van der Waals surface area (Å²) in [5, 5.41) is 12.3. The van der Waals surface area contributed by atoms with Crippen LogP contribution >= 0.6 is 0 Å². The number of carboxylic acids is 1. The molecule has 0 spiro atoms. The van der Waals surface area contributed by atoms with E-state index in [-0.39, 0.29) is 17.9 Å². The van der Waals surface area contributed by atoms with Crippen LogP contribution in [-0.4, -0.2) is 24.7 Å². The molecular formula is C12H11FN2O5S. The van der Waals surface area contributed by atoms with Gasteiger partial charge in [-0.15, -0.1) is 0 Å². The van der Waals surface area contributed by atoms with Crippen LogP contribution in [-0.2, 0) is 16.6 Å². The van der Waals surface area contributed by atoms with E-state index >= 15 is 0 Å². The third-order valence-corrected chi connectivity index (χ3v) is 4.02. The summed E-state index contributed by atoms with van der Waals surface area (Å²) in [6.45, 7) is 1.48. The van der Waals surface area contributed by atoms with Gasteiger partial charge in [0.2, 0.25) is 10.0 Å².